The number of hydrogen-bond donors (Lipinski definition) is 1. The van der Waals surface area contributed by atoms with Gasteiger partial charge in [0.2, 0.25) is 0 Å². The predicted octanol–water partition coefficient (Wildman–Crippen LogP) is 2.03. The van der Waals surface area contributed by atoms with Crippen LogP contribution in [-0.4, -0.2) is 39.4 Å². The van der Waals surface area contributed by atoms with Crippen LogP contribution in [0.1, 0.15) is 16.3 Å². The third-order valence-electron chi connectivity index (χ3n) is 4.37. The molecule has 0 aromatic carbocycles. The van der Waals surface area contributed by atoms with Gasteiger partial charge in [-0.2, -0.15) is 4.52 Å². The third-order valence-corrected chi connectivity index (χ3v) is 5.40. The number of aromatic nitrogens is 4. The maximum Gasteiger partial charge on any atom is 0.178 e. The number of fused-ring (bicyclic) bond motifs is 1. The molecule has 1 N–H and O–H groups in total. The summed E-state index contributed by atoms with van der Waals surface area (Å²) in [5.74, 6) is 2.52. The Bertz CT molecular complexity index is 817. The number of aryl methyl sites for hydroxylation is 2. The summed E-state index contributed by atoms with van der Waals surface area (Å²) in [5, 5.41) is 18.5. The summed E-state index contributed by atoms with van der Waals surface area (Å²) in [7, 11) is 0. The van der Waals surface area contributed by atoms with E-state index >= 15 is 0 Å². The van der Waals surface area contributed by atoms with Gasteiger partial charge in [0, 0.05) is 37.0 Å². The summed E-state index contributed by atoms with van der Waals surface area (Å²) in [6.45, 7) is 8.23. The van der Waals surface area contributed by atoms with Gasteiger partial charge < -0.3 is 10.2 Å². The molecule has 0 aliphatic carbocycles. The highest BCUT2D eigenvalue weighted by atomic mass is 32.1. The molecule has 0 unspecified atom stereocenters. The van der Waals surface area contributed by atoms with Gasteiger partial charge in [-0.05, 0) is 43.0 Å². The Morgan fingerprint density at radius 3 is 2.87 bits per heavy atom. The first-order valence-corrected chi connectivity index (χ1v) is 8.76. The monoisotopic (exact) mass is 328 g/mol. The second kappa shape index (κ2) is 5.90. The van der Waals surface area contributed by atoms with Gasteiger partial charge in [0.15, 0.2) is 11.5 Å². The van der Waals surface area contributed by atoms with E-state index in [-0.39, 0.29) is 0 Å². The quantitative estimate of drug-likeness (QED) is 0.776. The van der Waals surface area contributed by atoms with Crippen LogP contribution in [0.4, 0.5) is 5.82 Å². The van der Waals surface area contributed by atoms with Crippen LogP contribution >= 0.6 is 11.3 Å². The molecule has 1 fully saturated rings. The number of hydrogen-bond acceptors (Lipinski definition) is 6. The highest BCUT2D eigenvalue weighted by Gasteiger charge is 2.27. The van der Waals surface area contributed by atoms with Crippen LogP contribution in [0, 0.1) is 19.8 Å². The number of nitrogens with zero attached hydrogens (tertiary/aromatic N) is 5. The van der Waals surface area contributed by atoms with Crippen molar-refractivity contribution in [2.24, 2.45) is 5.92 Å². The van der Waals surface area contributed by atoms with Crippen molar-refractivity contribution in [3.05, 3.63) is 39.8 Å². The number of anilines is 1. The van der Waals surface area contributed by atoms with Crippen molar-refractivity contribution in [2.45, 2.75) is 20.4 Å². The van der Waals surface area contributed by atoms with E-state index in [1.165, 1.54) is 10.4 Å². The van der Waals surface area contributed by atoms with Crippen molar-refractivity contribution >= 4 is 22.8 Å². The summed E-state index contributed by atoms with van der Waals surface area (Å²) >= 11 is 1.83. The van der Waals surface area contributed by atoms with Crippen molar-refractivity contribution in [1.29, 1.82) is 0 Å². The van der Waals surface area contributed by atoms with Crippen LogP contribution in [-0.2, 0) is 6.54 Å². The van der Waals surface area contributed by atoms with Crippen molar-refractivity contribution in [1.82, 2.24) is 25.1 Å². The summed E-state index contributed by atoms with van der Waals surface area (Å²) < 4.78 is 1.81. The fourth-order valence-corrected chi connectivity index (χ4v) is 3.79. The minimum absolute atomic E-state index is 0.690. The average Bonchev–Trinajstić information content (AvgIpc) is 3.08. The Morgan fingerprint density at radius 1 is 1.22 bits per heavy atom. The van der Waals surface area contributed by atoms with E-state index in [1.54, 1.807) is 4.52 Å². The van der Waals surface area contributed by atoms with Crippen LogP contribution in [0.15, 0.2) is 23.6 Å². The third kappa shape index (κ3) is 2.82. The van der Waals surface area contributed by atoms with Crippen molar-refractivity contribution in [3.63, 3.8) is 0 Å². The molecule has 6 nitrogen and oxygen atoms in total. The highest BCUT2D eigenvalue weighted by molar-refractivity contribution is 7.10. The Kier molecular flexibility index (Phi) is 3.74. The van der Waals surface area contributed by atoms with Crippen molar-refractivity contribution < 1.29 is 0 Å². The lowest BCUT2D eigenvalue weighted by Crippen LogP contribution is -2.51. The summed E-state index contributed by atoms with van der Waals surface area (Å²) in [4.78, 5) is 3.75. The van der Waals surface area contributed by atoms with Crippen LogP contribution in [0.2, 0.25) is 0 Å². The molecular weight excluding hydrogens is 308 g/mol. The molecule has 4 heterocycles. The van der Waals surface area contributed by atoms with Crippen molar-refractivity contribution in [2.75, 3.05) is 24.5 Å². The molecule has 4 rings (SSSR count). The molecule has 0 saturated carbocycles. The number of thiophene rings is 1. The van der Waals surface area contributed by atoms with Gasteiger partial charge in [-0.15, -0.1) is 26.6 Å². The van der Waals surface area contributed by atoms with E-state index in [9.17, 15) is 0 Å². The Morgan fingerprint density at radius 2 is 2.09 bits per heavy atom. The zero-order valence-electron chi connectivity index (χ0n) is 13.4. The first-order valence-electron chi connectivity index (χ1n) is 7.88. The molecule has 1 saturated heterocycles. The van der Waals surface area contributed by atoms with Gasteiger partial charge in [0.1, 0.15) is 5.82 Å². The number of rotatable bonds is 5. The summed E-state index contributed by atoms with van der Waals surface area (Å²) in [6, 6.07) is 6.19. The van der Waals surface area contributed by atoms with Gasteiger partial charge in [-0.25, -0.2) is 0 Å². The molecule has 23 heavy (non-hydrogen) atoms. The summed E-state index contributed by atoms with van der Waals surface area (Å²) in [6.07, 6.45) is 0. The zero-order valence-corrected chi connectivity index (χ0v) is 14.2. The van der Waals surface area contributed by atoms with Crippen LogP contribution < -0.4 is 10.2 Å². The van der Waals surface area contributed by atoms with E-state index in [4.69, 9.17) is 0 Å². The van der Waals surface area contributed by atoms with E-state index in [0.29, 0.717) is 5.92 Å². The second-order valence-electron chi connectivity index (χ2n) is 6.14. The minimum Gasteiger partial charge on any atom is -0.354 e. The van der Waals surface area contributed by atoms with E-state index < -0.39 is 0 Å². The van der Waals surface area contributed by atoms with E-state index in [1.807, 2.05) is 30.4 Å². The molecule has 3 aromatic heterocycles. The summed E-state index contributed by atoms with van der Waals surface area (Å²) in [5.41, 5.74) is 2.19. The molecule has 3 aromatic rings. The number of nitrogens with one attached hydrogen (secondary N) is 1. The molecule has 0 bridgehead atoms. The minimum atomic E-state index is 0.690. The van der Waals surface area contributed by atoms with Crippen LogP contribution in [0.3, 0.4) is 0 Å². The highest BCUT2D eigenvalue weighted by Crippen LogP contribution is 2.23. The lowest BCUT2D eigenvalue weighted by atomic mass is 10.0. The maximum absolute atomic E-state index is 4.62. The smallest absolute Gasteiger partial charge is 0.178 e. The first-order chi connectivity index (χ1) is 11.2. The SMILES string of the molecule is Cc1ccsc1CNCC1CN(c2ccc3nnc(C)n3n2)C1. The van der Waals surface area contributed by atoms with E-state index in [2.05, 4.69) is 43.9 Å². The van der Waals surface area contributed by atoms with Gasteiger partial charge in [-0.3, -0.25) is 0 Å². The Labute approximate surface area is 139 Å². The van der Waals surface area contributed by atoms with Gasteiger partial charge >= 0.3 is 0 Å². The first kappa shape index (κ1) is 14.6. The fourth-order valence-electron chi connectivity index (χ4n) is 2.92. The molecule has 0 amide bonds. The maximum atomic E-state index is 4.62. The van der Waals surface area contributed by atoms with Gasteiger partial charge in [0.05, 0.1) is 0 Å². The topological polar surface area (TPSA) is 58.3 Å². The Balaban J connectivity index is 1.30. The lowest BCUT2D eigenvalue weighted by molar-refractivity contribution is 0.381. The van der Waals surface area contributed by atoms with Gasteiger partial charge in [0.25, 0.3) is 0 Å². The van der Waals surface area contributed by atoms with Crippen LogP contribution in [0.25, 0.3) is 5.65 Å². The van der Waals surface area contributed by atoms with Gasteiger partial charge in [-0.1, -0.05) is 0 Å². The predicted molar refractivity (Wildman–Crippen MR) is 92.0 cm³/mol. The standard InChI is InChI=1S/C16H20N6S/c1-11-5-6-23-14(11)8-17-7-13-9-21(10-13)16-4-3-15-19-18-12(2)22(15)20-16/h3-6,13,17H,7-10H2,1-2H3. The molecule has 120 valence electrons. The second-order valence-corrected chi connectivity index (χ2v) is 7.14. The molecule has 1 aliphatic rings. The van der Waals surface area contributed by atoms with E-state index in [0.717, 1.165) is 43.5 Å². The largest absolute Gasteiger partial charge is 0.354 e. The molecule has 0 radical (unpaired) electrons. The molecular formula is C16H20N6S. The lowest BCUT2D eigenvalue weighted by Gasteiger charge is -2.40. The molecule has 7 heteroatoms. The van der Waals surface area contributed by atoms with Crippen LogP contribution in [0.5, 0.6) is 0 Å². The molecule has 1 aliphatic heterocycles. The average molecular weight is 328 g/mol. The molecule has 0 spiro atoms. The fraction of sp³-hybridized carbons (Fsp3) is 0.438. The molecule has 0 atom stereocenters. The van der Waals surface area contributed by atoms with Crippen molar-refractivity contribution in [3.8, 4) is 0 Å². The zero-order chi connectivity index (χ0) is 15.8. The Hall–Kier alpha value is -1.99. The normalized spacial score (nSPS) is 15.3.